The molecule has 3 amide bonds. The van der Waals surface area contributed by atoms with Crippen LogP contribution in [0.15, 0.2) is 40.9 Å². The highest BCUT2D eigenvalue weighted by molar-refractivity contribution is 5.98. The Kier molecular flexibility index (Phi) is 10.6. The van der Waals surface area contributed by atoms with Crippen LogP contribution >= 0.6 is 0 Å². The fraction of sp³-hybridized carbons (Fsp3) is 0.567. The van der Waals surface area contributed by atoms with E-state index in [0.29, 0.717) is 12.2 Å². The molecule has 3 atom stereocenters. The summed E-state index contributed by atoms with van der Waals surface area (Å²) in [4.78, 5) is 53.0. The number of ketones is 1. The number of nitrogens with one attached hydrogen (secondary N) is 3. The Morgan fingerprint density at radius 1 is 0.950 bits per heavy atom. The highest BCUT2D eigenvalue weighted by Gasteiger charge is 2.48. The third kappa shape index (κ3) is 8.48. The lowest BCUT2D eigenvalue weighted by Gasteiger charge is -2.27. The quantitative estimate of drug-likeness (QED) is 0.307. The van der Waals surface area contributed by atoms with Crippen molar-refractivity contribution in [2.24, 2.45) is 11.3 Å². The van der Waals surface area contributed by atoms with Crippen LogP contribution in [0, 0.1) is 11.3 Å². The van der Waals surface area contributed by atoms with Gasteiger partial charge in [0.15, 0.2) is 11.5 Å². The minimum Gasteiger partial charge on any atom is -0.382 e. The molecule has 1 aliphatic rings. The van der Waals surface area contributed by atoms with Gasteiger partial charge in [-0.05, 0) is 30.7 Å². The molecule has 0 saturated heterocycles. The topological polar surface area (TPSA) is 140 Å². The molecule has 40 heavy (non-hydrogen) atoms. The van der Waals surface area contributed by atoms with Crippen LogP contribution in [0.1, 0.15) is 81.6 Å². The molecule has 2 aromatic rings. The molecule has 1 aromatic carbocycles. The van der Waals surface area contributed by atoms with Crippen LogP contribution in [0.3, 0.4) is 0 Å². The number of ether oxygens (including phenoxy) is 1. The lowest BCUT2D eigenvalue weighted by Crippen LogP contribution is -2.57. The number of carbonyl (C=O) groups excluding carboxylic acids is 4. The number of methoxy groups -OCH3 is 1. The molecule has 1 saturated carbocycles. The lowest BCUT2D eigenvalue weighted by molar-refractivity contribution is -0.133. The predicted molar refractivity (Wildman–Crippen MR) is 150 cm³/mol. The number of carbonyl (C=O) groups is 4. The number of amides is 3. The van der Waals surface area contributed by atoms with Gasteiger partial charge in [-0.2, -0.15) is 0 Å². The monoisotopic (exact) mass is 554 g/mol. The van der Waals surface area contributed by atoms with E-state index in [4.69, 9.17) is 9.26 Å². The molecule has 0 bridgehead atoms. The van der Waals surface area contributed by atoms with E-state index >= 15 is 0 Å². The second kappa shape index (κ2) is 13.7. The zero-order valence-corrected chi connectivity index (χ0v) is 24.3. The Labute approximate surface area is 236 Å². The summed E-state index contributed by atoms with van der Waals surface area (Å²) in [6, 6.07) is 8.08. The van der Waals surface area contributed by atoms with Gasteiger partial charge in [0, 0.05) is 30.9 Å². The average Bonchev–Trinajstić information content (AvgIpc) is 3.45. The summed E-state index contributed by atoms with van der Waals surface area (Å²) in [5.74, 6) is -0.857. The summed E-state index contributed by atoms with van der Waals surface area (Å²) in [5.41, 5.74) is 0.467. The number of aromatic nitrogens is 1. The molecule has 10 nitrogen and oxygen atoms in total. The molecular formula is C30H42N4O6. The zero-order valence-electron chi connectivity index (χ0n) is 24.3. The SMILES string of the molecule is COC[C@H](NC(=O)c1cc(C(C)C)on1)C(=O)N[C@@H](Cc1ccccc1)C(=O)N[C@@H](CC(C)C)C(=O)C1(C)CC1. The van der Waals surface area contributed by atoms with Crippen LogP contribution in [-0.2, 0) is 25.5 Å². The van der Waals surface area contributed by atoms with Crippen molar-refractivity contribution in [3.05, 3.63) is 53.4 Å². The minimum absolute atomic E-state index is 0.0252. The van der Waals surface area contributed by atoms with Gasteiger partial charge in [0.05, 0.1) is 12.6 Å². The van der Waals surface area contributed by atoms with E-state index in [2.05, 4.69) is 21.1 Å². The maximum atomic E-state index is 13.6. The highest BCUT2D eigenvalue weighted by atomic mass is 16.5. The third-order valence-corrected chi connectivity index (χ3v) is 7.14. The summed E-state index contributed by atoms with van der Waals surface area (Å²) in [6.07, 6.45) is 2.32. The Balaban J connectivity index is 1.78. The van der Waals surface area contributed by atoms with Crippen molar-refractivity contribution in [2.45, 2.75) is 84.3 Å². The normalized spacial score (nSPS) is 16.2. The molecular weight excluding hydrogens is 512 g/mol. The molecule has 0 radical (unpaired) electrons. The first-order chi connectivity index (χ1) is 18.9. The first kappa shape index (κ1) is 31.0. The first-order valence-corrected chi connectivity index (χ1v) is 13.9. The summed E-state index contributed by atoms with van der Waals surface area (Å²) < 4.78 is 10.4. The van der Waals surface area contributed by atoms with Crippen LogP contribution in [0.25, 0.3) is 0 Å². The predicted octanol–water partition coefficient (Wildman–Crippen LogP) is 3.17. The van der Waals surface area contributed by atoms with Crippen LogP contribution in [0.2, 0.25) is 0 Å². The second-order valence-electron chi connectivity index (χ2n) is 11.6. The molecule has 3 rings (SSSR count). The molecule has 0 spiro atoms. The molecule has 1 fully saturated rings. The van der Waals surface area contributed by atoms with Crippen LogP contribution in [0.4, 0.5) is 0 Å². The maximum Gasteiger partial charge on any atom is 0.274 e. The minimum atomic E-state index is -1.10. The summed E-state index contributed by atoms with van der Waals surface area (Å²) in [6.45, 7) is 9.62. The van der Waals surface area contributed by atoms with Gasteiger partial charge >= 0.3 is 0 Å². The van der Waals surface area contributed by atoms with E-state index in [1.165, 1.54) is 13.2 Å². The molecule has 3 N–H and O–H groups in total. The van der Waals surface area contributed by atoms with Crippen molar-refractivity contribution < 1.29 is 28.4 Å². The van der Waals surface area contributed by atoms with E-state index in [0.717, 1.165) is 18.4 Å². The van der Waals surface area contributed by atoms with Crippen LogP contribution in [0.5, 0.6) is 0 Å². The molecule has 1 aliphatic carbocycles. The number of benzene rings is 1. The second-order valence-corrected chi connectivity index (χ2v) is 11.6. The Bertz CT molecular complexity index is 1170. The molecule has 1 heterocycles. The summed E-state index contributed by atoms with van der Waals surface area (Å²) >= 11 is 0. The molecule has 0 aliphatic heterocycles. The third-order valence-electron chi connectivity index (χ3n) is 7.14. The van der Waals surface area contributed by atoms with Gasteiger partial charge in [0.25, 0.3) is 5.91 Å². The smallest absolute Gasteiger partial charge is 0.274 e. The van der Waals surface area contributed by atoms with Crippen molar-refractivity contribution in [2.75, 3.05) is 13.7 Å². The van der Waals surface area contributed by atoms with E-state index < -0.39 is 41.3 Å². The van der Waals surface area contributed by atoms with Crippen molar-refractivity contribution in [1.29, 1.82) is 0 Å². The van der Waals surface area contributed by atoms with E-state index in [1.54, 1.807) is 0 Å². The number of hydrogen-bond donors (Lipinski definition) is 3. The lowest BCUT2D eigenvalue weighted by atomic mass is 9.91. The van der Waals surface area contributed by atoms with Crippen molar-refractivity contribution in [3.8, 4) is 0 Å². The van der Waals surface area contributed by atoms with Gasteiger partial charge < -0.3 is 25.2 Å². The van der Waals surface area contributed by atoms with Gasteiger partial charge in [-0.25, -0.2) is 0 Å². The largest absolute Gasteiger partial charge is 0.382 e. The Morgan fingerprint density at radius 3 is 2.12 bits per heavy atom. The van der Waals surface area contributed by atoms with Gasteiger partial charge in [-0.1, -0.05) is 70.1 Å². The molecule has 10 heteroatoms. The van der Waals surface area contributed by atoms with Crippen molar-refractivity contribution in [1.82, 2.24) is 21.1 Å². The molecule has 1 aromatic heterocycles. The van der Waals surface area contributed by atoms with Gasteiger partial charge in [-0.15, -0.1) is 0 Å². The average molecular weight is 555 g/mol. The summed E-state index contributed by atoms with van der Waals surface area (Å²) in [5, 5.41) is 12.1. The number of hydrogen-bond acceptors (Lipinski definition) is 7. The Hall–Kier alpha value is -3.53. The van der Waals surface area contributed by atoms with Crippen molar-refractivity contribution >= 4 is 23.5 Å². The van der Waals surface area contributed by atoms with E-state index in [1.807, 2.05) is 65.0 Å². The van der Waals surface area contributed by atoms with Gasteiger partial charge in [0.1, 0.15) is 17.8 Å². The number of rotatable bonds is 15. The number of nitrogens with zero attached hydrogens (tertiary/aromatic N) is 1. The molecule has 218 valence electrons. The van der Waals surface area contributed by atoms with E-state index in [9.17, 15) is 19.2 Å². The maximum absolute atomic E-state index is 13.6. The van der Waals surface area contributed by atoms with E-state index in [-0.39, 0.29) is 36.3 Å². The van der Waals surface area contributed by atoms with Gasteiger partial charge in [0.2, 0.25) is 11.8 Å². The summed E-state index contributed by atoms with van der Waals surface area (Å²) in [7, 11) is 1.41. The zero-order chi connectivity index (χ0) is 29.4. The van der Waals surface area contributed by atoms with Crippen molar-refractivity contribution in [3.63, 3.8) is 0 Å². The first-order valence-electron chi connectivity index (χ1n) is 13.9. The fourth-order valence-electron chi connectivity index (χ4n) is 4.41. The standard InChI is InChI=1S/C30H42N4O6/c1-18(2)14-21(26(35)30(5)12-13-30)31-27(36)22(15-20-10-8-7-9-11-20)32-29(38)24(17-39-6)33-28(37)23-16-25(19(3)4)40-34-23/h7-11,16,18-19,21-22,24H,12-15,17H2,1-6H3,(H,31,36)(H,32,38)(H,33,37)/t21-,22-,24-/m0/s1. The highest BCUT2D eigenvalue weighted by Crippen LogP contribution is 2.47. The Morgan fingerprint density at radius 2 is 1.57 bits per heavy atom. The van der Waals surface area contributed by atoms with Gasteiger partial charge in [-0.3, -0.25) is 19.2 Å². The number of Topliss-reactive ketones (excluding diaryl/α,β-unsaturated/α-hetero) is 1. The van der Waals surface area contributed by atoms with Crippen LogP contribution in [-0.4, -0.2) is 60.5 Å². The molecule has 0 unspecified atom stereocenters. The van der Waals surface area contributed by atoms with Crippen LogP contribution < -0.4 is 16.0 Å². The fourth-order valence-corrected chi connectivity index (χ4v) is 4.41.